The zero-order valence-corrected chi connectivity index (χ0v) is 21.5. The monoisotopic (exact) mass is 522 g/mol. The molecule has 2 aromatic heterocycles. The Labute approximate surface area is 212 Å². The van der Waals surface area contributed by atoms with Crippen molar-refractivity contribution in [1.82, 2.24) is 15.0 Å². The Kier molecular flexibility index (Phi) is 6.25. The van der Waals surface area contributed by atoms with Crippen LogP contribution in [0, 0.1) is 24.0 Å². The van der Waals surface area contributed by atoms with Gasteiger partial charge in [0.1, 0.15) is 28.6 Å². The van der Waals surface area contributed by atoms with Crippen molar-refractivity contribution >= 4 is 34.6 Å². The van der Waals surface area contributed by atoms with Gasteiger partial charge in [-0.1, -0.05) is 12.0 Å². The number of terminal acetylenes is 1. The van der Waals surface area contributed by atoms with Crippen LogP contribution in [0.1, 0.15) is 18.4 Å². The third kappa shape index (κ3) is 4.36. The van der Waals surface area contributed by atoms with Crippen LogP contribution in [0.4, 0.5) is 14.6 Å². The second-order valence-corrected chi connectivity index (χ2v) is 13.1. The molecule has 7 nitrogen and oxygen atoms in total. The van der Waals surface area contributed by atoms with Crippen molar-refractivity contribution in [3.05, 3.63) is 47.7 Å². The number of hydrogen-bond acceptors (Lipinski definition) is 7. The number of piperidine rings is 1. The molecule has 1 saturated heterocycles. The molecule has 0 aliphatic carbocycles. The van der Waals surface area contributed by atoms with Gasteiger partial charge < -0.3 is 19.3 Å². The molecule has 0 saturated carbocycles. The number of hydrogen-bond donors (Lipinski definition) is 1. The quantitative estimate of drug-likeness (QED) is 0.283. The van der Waals surface area contributed by atoms with E-state index in [9.17, 15) is 14.1 Å². The first-order valence-electron chi connectivity index (χ1n) is 11.7. The Balaban J connectivity index is 1.69. The van der Waals surface area contributed by atoms with Crippen LogP contribution in [0.15, 0.2) is 30.5 Å². The second kappa shape index (κ2) is 9.28. The SMILES string of the molecule is C#Cc1c(F)ccc2cc(O)cc(-c3ncc4c(N5CCC(P(C)(C)=O)CC5)nc(OC)nc4c3F)c12. The van der Waals surface area contributed by atoms with Gasteiger partial charge in [0.25, 0.3) is 0 Å². The largest absolute Gasteiger partial charge is 0.508 e. The average Bonchev–Trinajstić information content (AvgIpc) is 2.88. The van der Waals surface area contributed by atoms with Crippen LogP contribution in [0.25, 0.3) is 32.9 Å². The van der Waals surface area contributed by atoms with Gasteiger partial charge in [0.15, 0.2) is 5.82 Å². The number of phenolic OH excluding ortho intramolecular Hbond substituents is 1. The van der Waals surface area contributed by atoms with Gasteiger partial charge in [0.2, 0.25) is 0 Å². The minimum absolute atomic E-state index is 0.0200. The number of halogens is 2. The molecule has 0 radical (unpaired) electrons. The van der Waals surface area contributed by atoms with E-state index >= 15 is 4.39 Å². The first kappa shape index (κ1) is 24.9. The molecule has 5 rings (SSSR count). The smallest absolute Gasteiger partial charge is 0.318 e. The molecule has 10 heteroatoms. The Morgan fingerprint density at radius 1 is 1.19 bits per heavy atom. The molecule has 1 N–H and O–H groups in total. The number of aromatic nitrogens is 3. The standard InChI is InChI=1S/C27H25F2N4O3P/c1-5-18-21(28)7-6-15-12-16(34)13-19(22(15)18)24-23(29)25-20(14-30-24)26(32-27(31-25)36-2)33-10-8-17(9-11-33)37(3,4)35/h1,6-7,12-14,17,34H,8-11H2,2-4H3. The maximum atomic E-state index is 16.1. The Bertz CT molecular complexity index is 1640. The second-order valence-electron chi connectivity index (χ2n) is 9.53. The normalized spacial score (nSPS) is 14.8. The van der Waals surface area contributed by atoms with Gasteiger partial charge in [-0.2, -0.15) is 9.97 Å². The van der Waals surface area contributed by atoms with E-state index in [0.717, 1.165) is 12.8 Å². The number of benzene rings is 2. The van der Waals surface area contributed by atoms with Gasteiger partial charge >= 0.3 is 6.01 Å². The van der Waals surface area contributed by atoms with Gasteiger partial charge in [-0.05, 0) is 49.8 Å². The minimum atomic E-state index is -2.22. The Morgan fingerprint density at radius 3 is 2.57 bits per heavy atom. The van der Waals surface area contributed by atoms with Gasteiger partial charge in [-0.3, -0.25) is 4.98 Å². The van der Waals surface area contributed by atoms with Gasteiger partial charge in [-0.25, -0.2) is 8.78 Å². The lowest BCUT2D eigenvalue weighted by atomic mass is 9.96. The number of fused-ring (bicyclic) bond motifs is 2. The molecule has 1 aliphatic rings. The summed E-state index contributed by atoms with van der Waals surface area (Å²) in [5, 5.41) is 11.4. The number of phenols is 1. The highest BCUT2D eigenvalue weighted by atomic mass is 31.2. The molecule has 190 valence electrons. The third-order valence-electron chi connectivity index (χ3n) is 6.92. The van der Waals surface area contributed by atoms with Crippen LogP contribution >= 0.6 is 7.14 Å². The van der Waals surface area contributed by atoms with Crippen molar-refractivity contribution in [3.8, 4) is 35.4 Å². The van der Waals surface area contributed by atoms with Crippen LogP contribution in [0.5, 0.6) is 11.8 Å². The van der Waals surface area contributed by atoms with Crippen LogP contribution in [0.2, 0.25) is 0 Å². The molecule has 0 spiro atoms. The summed E-state index contributed by atoms with van der Waals surface area (Å²) in [5.74, 6) is 1.24. The van der Waals surface area contributed by atoms with Crippen molar-refractivity contribution < 1.29 is 23.2 Å². The fraction of sp³-hybridized carbons (Fsp3) is 0.296. The Morgan fingerprint density at radius 2 is 1.92 bits per heavy atom. The molecule has 3 heterocycles. The van der Waals surface area contributed by atoms with Crippen molar-refractivity contribution in [2.24, 2.45) is 0 Å². The van der Waals surface area contributed by atoms with Crippen molar-refractivity contribution in [3.63, 3.8) is 0 Å². The van der Waals surface area contributed by atoms with E-state index in [1.165, 1.54) is 37.6 Å². The Hall–Kier alpha value is -3.76. The third-order valence-corrected chi connectivity index (χ3v) is 9.20. The number of pyridine rings is 1. The lowest BCUT2D eigenvalue weighted by Gasteiger charge is -2.34. The summed E-state index contributed by atoms with van der Waals surface area (Å²) in [4.78, 5) is 15.1. The number of anilines is 1. The lowest BCUT2D eigenvalue weighted by molar-refractivity contribution is 0.381. The average molecular weight is 522 g/mol. The van der Waals surface area contributed by atoms with E-state index in [2.05, 4.69) is 20.9 Å². The summed E-state index contributed by atoms with van der Waals surface area (Å²) in [5.41, 5.74) is 0.0507. The maximum Gasteiger partial charge on any atom is 0.318 e. The first-order valence-corrected chi connectivity index (χ1v) is 14.4. The van der Waals surface area contributed by atoms with Crippen LogP contribution in [-0.2, 0) is 4.57 Å². The van der Waals surface area contributed by atoms with Crippen molar-refractivity contribution in [2.45, 2.75) is 18.5 Å². The summed E-state index contributed by atoms with van der Waals surface area (Å²) in [6.45, 7) is 4.80. The first-order chi connectivity index (χ1) is 17.6. The van der Waals surface area contributed by atoms with E-state index in [1.807, 2.05) is 4.90 Å². The number of methoxy groups -OCH3 is 1. The minimum Gasteiger partial charge on any atom is -0.508 e. The maximum absolute atomic E-state index is 16.1. The molecule has 1 fully saturated rings. The topological polar surface area (TPSA) is 88.4 Å². The molecule has 4 aromatic rings. The fourth-order valence-corrected chi connectivity index (χ4v) is 6.47. The molecule has 2 aromatic carbocycles. The molecular formula is C27H25F2N4O3P. The number of aromatic hydroxyl groups is 1. The summed E-state index contributed by atoms with van der Waals surface area (Å²) in [6.07, 6.45) is 8.49. The molecule has 0 bridgehead atoms. The van der Waals surface area contributed by atoms with E-state index < -0.39 is 18.8 Å². The molecule has 0 atom stereocenters. The van der Waals surface area contributed by atoms with E-state index in [-0.39, 0.29) is 45.1 Å². The molecule has 0 unspecified atom stereocenters. The van der Waals surface area contributed by atoms with Gasteiger partial charge in [0.05, 0.1) is 25.2 Å². The van der Waals surface area contributed by atoms with Gasteiger partial charge in [-0.15, -0.1) is 6.42 Å². The summed E-state index contributed by atoms with van der Waals surface area (Å²) in [6, 6.07) is 5.38. The van der Waals surface area contributed by atoms with E-state index in [4.69, 9.17) is 11.2 Å². The molecule has 37 heavy (non-hydrogen) atoms. The summed E-state index contributed by atoms with van der Waals surface area (Å²) < 4.78 is 48.5. The number of rotatable bonds is 4. The van der Waals surface area contributed by atoms with E-state index in [0.29, 0.717) is 29.7 Å². The lowest BCUT2D eigenvalue weighted by Crippen LogP contribution is -2.36. The van der Waals surface area contributed by atoms with Gasteiger partial charge in [0, 0.05) is 35.9 Å². The zero-order chi connectivity index (χ0) is 26.5. The molecular weight excluding hydrogens is 497 g/mol. The van der Waals surface area contributed by atoms with Crippen LogP contribution in [0.3, 0.4) is 0 Å². The van der Waals surface area contributed by atoms with Crippen molar-refractivity contribution in [2.75, 3.05) is 38.4 Å². The fourth-order valence-electron chi connectivity index (χ4n) is 4.99. The highest BCUT2D eigenvalue weighted by molar-refractivity contribution is 7.63. The van der Waals surface area contributed by atoms with Crippen LogP contribution in [-0.4, -0.2) is 59.2 Å². The highest BCUT2D eigenvalue weighted by Crippen LogP contribution is 2.48. The summed E-state index contributed by atoms with van der Waals surface area (Å²) >= 11 is 0. The van der Waals surface area contributed by atoms with Crippen LogP contribution < -0.4 is 9.64 Å². The van der Waals surface area contributed by atoms with E-state index in [1.54, 1.807) is 13.3 Å². The molecule has 1 aliphatic heterocycles. The molecule has 0 amide bonds. The zero-order valence-electron chi connectivity index (χ0n) is 20.6. The van der Waals surface area contributed by atoms with Crippen molar-refractivity contribution in [1.29, 1.82) is 0 Å². The predicted molar refractivity (Wildman–Crippen MR) is 141 cm³/mol. The number of ether oxygens (including phenoxy) is 1. The predicted octanol–water partition coefficient (Wildman–Crippen LogP) is 5.41. The summed E-state index contributed by atoms with van der Waals surface area (Å²) in [7, 11) is -0.828. The highest BCUT2D eigenvalue weighted by Gasteiger charge is 2.30. The number of nitrogens with zero attached hydrogens (tertiary/aromatic N) is 4.